The number of hydrazone groups is 1. The van der Waals surface area contributed by atoms with Gasteiger partial charge < -0.3 is 14.8 Å². The number of benzene rings is 1. The van der Waals surface area contributed by atoms with E-state index in [4.69, 9.17) is 9.47 Å². The molecule has 2 N–H and O–H groups in total. The fraction of sp³-hybridized carbons (Fsp3) is 0.389. The third kappa shape index (κ3) is 7.52. The summed E-state index contributed by atoms with van der Waals surface area (Å²) in [4.78, 5) is 23.3. The molecule has 0 fully saturated rings. The van der Waals surface area contributed by atoms with Crippen molar-refractivity contribution >= 4 is 18.0 Å². The molecule has 0 saturated heterocycles. The van der Waals surface area contributed by atoms with E-state index in [1.54, 1.807) is 45.0 Å². The zero-order chi connectivity index (χ0) is 18.9. The lowest BCUT2D eigenvalue weighted by Gasteiger charge is -2.19. The number of rotatable bonds is 7. The van der Waals surface area contributed by atoms with Crippen LogP contribution in [0.15, 0.2) is 36.0 Å². The predicted octanol–water partition coefficient (Wildman–Crippen LogP) is 2.01. The van der Waals surface area contributed by atoms with E-state index >= 15 is 0 Å². The number of carbonyl (C=O) groups is 2. The van der Waals surface area contributed by atoms with Gasteiger partial charge in [-0.25, -0.2) is 5.43 Å². The molecule has 0 unspecified atom stereocenters. The minimum absolute atomic E-state index is 0.368. The van der Waals surface area contributed by atoms with Gasteiger partial charge in [0, 0.05) is 5.54 Å². The van der Waals surface area contributed by atoms with Crippen LogP contribution < -0.4 is 20.2 Å². The molecule has 0 aromatic heterocycles. The van der Waals surface area contributed by atoms with E-state index in [1.807, 2.05) is 6.92 Å². The minimum atomic E-state index is -0.831. The van der Waals surface area contributed by atoms with Crippen LogP contribution in [0.5, 0.6) is 11.5 Å². The number of nitrogens with zero attached hydrogens (tertiary/aromatic N) is 1. The SMILES string of the molecule is C=CCOc1ccc(/C=N/NC(=O)C(=O)NC(C)(C)C)cc1OCC. The normalized spacial score (nSPS) is 11.0. The van der Waals surface area contributed by atoms with Gasteiger partial charge in [0.1, 0.15) is 6.61 Å². The number of carbonyl (C=O) groups excluding carboxylic acids is 2. The molecule has 0 atom stereocenters. The van der Waals surface area contributed by atoms with Crippen LogP contribution >= 0.6 is 0 Å². The summed E-state index contributed by atoms with van der Waals surface area (Å²) in [5.41, 5.74) is 2.38. The second-order valence-corrected chi connectivity index (χ2v) is 6.14. The summed E-state index contributed by atoms with van der Waals surface area (Å²) in [5, 5.41) is 6.34. The summed E-state index contributed by atoms with van der Waals surface area (Å²) in [5.74, 6) is -0.424. The van der Waals surface area contributed by atoms with Gasteiger partial charge in [-0.1, -0.05) is 12.7 Å². The molecule has 1 aromatic rings. The van der Waals surface area contributed by atoms with Crippen LogP contribution in [0.3, 0.4) is 0 Å². The van der Waals surface area contributed by atoms with Gasteiger partial charge in [-0.3, -0.25) is 9.59 Å². The average Bonchev–Trinajstić information content (AvgIpc) is 2.52. The van der Waals surface area contributed by atoms with Crippen molar-refractivity contribution in [1.29, 1.82) is 0 Å². The van der Waals surface area contributed by atoms with Crippen LogP contribution in [0.2, 0.25) is 0 Å². The molecule has 136 valence electrons. The van der Waals surface area contributed by atoms with Gasteiger partial charge in [0.25, 0.3) is 0 Å². The third-order valence-electron chi connectivity index (χ3n) is 2.70. The molecule has 25 heavy (non-hydrogen) atoms. The maximum atomic E-state index is 11.7. The highest BCUT2D eigenvalue weighted by atomic mass is 16.5. The quantitative estimate of drug-likeness (QED) is 0.342. The first-order valence-electron chi connectivity index (χ1n) is 7.93. The zero-order valence-corrected chi connectivity index (χ0v) is 15.1. The van der Waals surface area contributed by atoms with Crippen molar-refractivity contribution in [2.45, 2.75) is 33.2 Å². The Labute approximate surface area is 148 Å². The molecule has 0 aliphatic rings. The van der Waals surface area contributed by atoms with Gasteiger partial charge in [0.2, 0.25) is 0 Å². The Morgan fingerprint density at radius 3 is 2.52 bits per heavy atom. The van der Waals surface area contributed by atoms with Crippen molar-refractivity contribution in [3.63, 3.8) is 0 Å². The summed E-state index contributed by atoms with van der Waals surface area (Å²) in [6.45, 7) is 11.7. The number of amides is 2. The van der Waals surface area contributed by atoms with E-state index in [1.165, 1.54) is 6.21 Å². The van der Waals surface area contributed by atoms with Gasteiger partial charge in [0.15, 0.2) is 11.5 Å². The van der Waals surface area contributed by atoms with Crippen LogP contribution in [0.25, 0.3) is 0 Å². The maximum Gasteiger partial charge on any atom is 0.329 e. The maximum absolute atomic E-state index is 11.7. The molecular formula is C18H25N3O4. The number of nitrogens with one attached hydrogen (secondary N) is 2. The first kappa shape index (κ1) is 20.2. The molecule has 7 heteroatoms. The lowest BCUT2D eigenvalue weighted by Crippen LogP contribution is -2.47. The van der Waals surface area contributed by atoms with E-state index in [-0.39, 0.29) is 0 Å². The van der Waals surface area contributed by atoms with Crippen molar-refractivity contribution in [1.82, 2.24) is 10.7 Å². The Bertz CT molecular complexity index is 648. The summed E-state index contributed by atoms with van der Waals surface area (Å²) in [6, 6.07) is 5.22. The Balaban J connectivity index is 2.73. The molecule has 1 aromatic carbocycles. The standard InChI is InChI=1S/C18H25N3O4/c1-6-10-25-14-9-8-13(11-15(14)24-7-2)12-19-21-17(23)16(22)20-18(3,4)5/h6,8-9,11-12H,1,7,10H2,2-5H3,(H,20,22)(H,21,23)/b19-12+. The third-order valence-corrected chi connectivity index (χ3v) is 2.70. The van der Waals surface area contributed by atoms with E-state index in [2.05, 4.69) is 22.4 Å². The number of hydrogen-bond donors (Lipinski definition) is 2. The van der Waals surface area contributed by atoms with Crippen LogP contribution in [-0.4, -0.2) is 36.8 Å². The molecule has 7 nitrogen and oxygen atoms in total. The van der Waals surface area contributed by atoms with E-state index in [0.29, 0.717) is 30.3 Å². The van der Waals surface area contributed by atoms with Gasteiger partial charge in [-0.2, -0.15) is 5.10 Å². The van der Waals surface area contributed by atoms with Gasteiger partial charge in [-0.15, -0.1) is 0 Å². The van der Waals surface area contributed by atoms with Crippen molar-refractivity contribution < 1.29 is 19.1 Å². The molecule has 0 heterocycles. The molecule has 1 rings (SSSR count). The van der Waals surface area contributed by atoms with Crippen LogP contribution in [0, 0.1) is 0 Å². The summed E-state index contributed by atoms with van der Waals surface area (Å²) in [7, 11) is 0. The Hall–Kier alpha value is -2.83. The molecular weight excluding hydrogens is 322 g/mol. The predicted molar refractivity (Wildman–Crippen MR) is 96.9 cm³/mol. The van der Waals surface area contributed by atoms with Crippen molar-refractivity contribution in [3.05, 3.63) is 36.4 Å². The first-order chi connectivity index (χ1) is 11.8. The lowest BCUT2D eigenvalue weighted by atomic mass is 10.1. The molecule has 2 amide bonds. The van der Waals surface area contributed by atoms with E-state index in [0.717, 1.165) is 0 Å². The van der Waals surface area contributed by atoms with Crippen molar-refractivity contribution in [2.75, 3.05) is 13.2 Å². The molecule has 0 saturated carbocycles. The molecule has 0 spiro atoms. The number of hydrogen-bond acceptors (Lipinski definition) is 5. The van der Waals surface area contributed by atoms with Crippen LogP contribution in [-0.2, 0) is 9.59 Å². The highest BCUT2D eigenvalue weighted by Crippen LogP contribution is 2.28. The Morgan fingerprint density at radius 2 is 1.92 bits per heavy atom. The summed E-state index contributed by atoms with van der Waals surface area (Å²) in [6.07, 6.45) is 3.06. The van der Waals surface area contributed by atoms with Crippen molar-refractivity contribution in [2.24, 2.45) is 5.10 Å². The fourth-order valence-electron chi connectivity index (χ4n) is 1.75. The highest BCUT2D eigenvalue weighted by molar-refractivity contribution is 6.35. The Kier molecular flexibility index (Phi) is 7.65. The van der Waals surface area contributed by atoms with E-state index < -0.39 is 17.4 Å². The largest absolute Gasteiger partial charge is 0.490 e. The molecule has 0 aliphatic carbocycles. The topological polar surface area (TPSA) is 89.0 Å². The first-order valence-corrected chi connectivity index (χ1v) is 7.93. The minimum Gasteiger partial charge on any atom is -0.490 e. The zero-order valence-electron chi connectivity index (χ0n) is 15.1. The second kappa shape index (κ2) is 9.46. The fourth-order valence-corrected chi connectivity index (χ4v) is 1.75. The summed E-state index contributed by atoms with van der Waals surface area (Å²) < 4.78 is 11.0. The lowest BCUT2D eigenvalue weighted by molar-refractivity contribution is -0.140. The Morgan fingerprint density at radius 1 is 1.20 bits per heavy atom. The summed E-state index contributed by atoms with van der Waals surface area (Å²) >= 11 is 0. The highest BCUT2D eigenvalue weighted by Gasteiger charge is 2.19. The molecule has 0 aliphatic heterocycles. The molecule has 0 bridgehead atoms. The van der Waals surface area contributed by atoms with Crippen LogP contribution in [0.1, 0.15) is 33.3 Å². The van der Waals surface area contributed by atoms with Gasteiger partial charge in [0.05, 0.1) is 12.8 Å². The second-order valence-electron chi connectivity index (χ2n) is 6.14. The van der Waals surface area contributed by atoms with Crippen LogP contribution in [0.4, 0.5) is 0 Å². The van der Waals surface area contributed by atoms with E-state index in [9.17, 15) is 9.59 Å². The van der Waals surface area contributed by atoms with Gasteiger partial charge >= 0.3 is 11.8 Å². The monoisotopic (exact) mass is 347 g/mol. The number of ether oxygens (including phenoxy) is 2. The molecule has 0 radical (unpaired) electrons. The van der Waals surface area contributed by atoms with Gasteiger partial charge in [-0.05, 0) is 51.5 Å². The average molecular weight is 347 g/mol. The van der Waals surface area contributed by atoms with Crippen molar-refractivity contribution in [3.8, 4) is 11.5 Å². The smallest absolute Gasteiger partial charge is 0.329 e.